The Kier molecular flexibility index (Phi) is 40.2. The number of carbonyl (C=O) groups is 1. The number of ether oxygens (including phenoxy) is 2. The molecule has 0 radical (unpaired) electrons. The van der Waals surface area contributed by atoms with E-state index >= 15 is 0 Å². The Balaban J connectivity index is 4.19. The number of quaternary nitrogens is 1. The van der Waals surface area contributed by atoms with E-state index in [1.807, 2.05) is 27.2 Å². The number of hydrogen-bond acceptors (Lipinski definition) is 6. The third-order valence-electron chi connectivity index (χ3n) is 10.7. The van der Waals surface area contributed by atoms with Crippen molar-refractivity contribution in [2.75, 3.05) is 47.5 Å². The summed E-state index contributed by atoms with van der Waals surface area (Å²) in [5.74, 6) is -0.330. The molecule has 0 amide bonds. The van der Waals surface area contributed by atoms with Gasteiger partial charge in [-0.2, -0.15) is 0 Å². The molecule has 9 heteroatoms. The van der Waals surface area contributed by atoms with Crippen molar-refractivity contribution in [3.05, 3.63) is 12.3 Å². The topological polar surface area (TPSA) is 91.3 Å². The molecule has 0 aliphatic heterocycles. The largest absolute Gasteiger partial charge is 0.498 e. The third kappa shape index (κ3) is 44.2. The van der Waals surface area contributed by atoms with E-state index in [1.54, 1.807) is 6.26 Å². The molecule has 0 aliphatic rings. The Bertz CT molecular complexity index is 909. The molecule has 0 aromatic heterocycles. The number of allylic oxidation sites excluding steroid dienone is 1. The first-order valence-corrected chi connectivity index (χ1v) is 25.5. The molecule has 0 saturated carbocycles. The minimum atomic E-state index is -4.29. The van der Waals surface area contributed by atoms with E-state index in [1.165, 1.54) is 180 Å². The summed E-state index contributed by atoms with van der Waals surface area (Å²) >= 11 is 0. The molecule has 0 fully saturated rings. The van der Waals surface area contributed by atoms with Crippen LogP contribution >= 0.6 is 7.82 Å². The lowest BCUT2D eigenvalue weighted by molar-refractivity contribution is -0.870. The first kappa shape index (κ1) is 55.1. The number of phosphoric acid groups is 1. The van der Waals surface area contributed by atoms with Gasteiger partial charge in [0.15, 0.2) is 6.10 Å². The molecular weight excluding hydrogens is 721 g/mol. The highest BCUT2D eigenvalue weighted by atomic mass is 31.2. The van der Waals surface area contributed by atoms with Gasteiger partial charge in [0.25, 0.3) is 0 Å². The summed E-state index contributed by atoms with van der Waals surface area (Å²) in [6.07, 6.45) is 46.3. The smallest absolute Gasteiger partial charge is 0.472 e. The fourth-order valence-corrected chi connectivity index (χ4v) is 7.67. The summed E-state index contributed by atoms with van der Waals surface area (Å²) < 4.78 is 34.8. The fourth-order valence-electron chi connectivity index (χ4n) is 6.93. The standard InChI is InChI=1S/C47H94NO7P/c1-6-8-10-12-14-16-18-20-22-24-25-26-28-30-32-34-36-38-40-47(49)55-46(45-54-56(50,51)53-43-41-48(3,4)5)44-52-42-39-37-35-33-31-29-27-23-21-19-17-15-13-11-9-7-2/h39,42,46H,6-38,40-41,43-45H2,1-5H3/p+1/b42-39-/t46-/m1/s1. The molecule has 0 bridgehead atoms. The quantitative estimate of drug-likeness (QED) is 0.0215. The zero-order chi connectivity index (χ0) is 41.3. The van der Waals surface area contributed by atoms with E-state index in [2.05, 4.69) is 13.8 Å². The van der Waals surface area contributed by atoms with Crippen molar-refractivity contribution in [1.29, 1.82) is 0 Å². The van der Waals surface area contributed by atoms with Crippen molar-refractivity contribution in [2.24, 2.45) is 0 Å². The van der Waals surface area contributed by atoms with Gasteiger partial charge in [-0.25, -0.2) is 4.57 Å². The van der Waals surface area contributed by atoms with Crippen LogP contribution in [-0.2, 0) is 27.9 Å². The Morgan fingerprint density at radius 2 is 0.929 bits per heavy atom. The van der Waals surface area contributed by atoms with Crippen LogP contribution in [0, 0.1) is 0 Å². The summed E-state index contributed by atoms with van der Waals surface area (Å²) in [5, 5.41) is 0. The average Bonchev–Trinajstić information content (AvgIpc) is 3.15. The van der Waals surface area contributed by atoms with E-state index < -0.39 is 13.9 Å². The molecule has 0 aromatic carbocycles. The van der Waals surface area contributed by atoms with Crippen molar-refractivity contribution in [3.63, 3.8) is 0 Å². The van der Waals surface area contributed by atoms with Crippen molar-refractivity contribution in [1.82, 2.24) is 0 Å². The number of hydrogen-bond donors (Lipinski definition) is 1. The summed E-state index contributed by atoms with van der Waals surface area (Å²) in [4.78, 5) is 22.9. The van der Waals surface area contributed by atoms with Crippen molar-refractivity contribution in [2.45, 2.75) is 238 Å². The van der Waals surface area contributed by atoms with E-state index in [4.69, 9.17) is 18.5 Å². The lowest BCUT2D eigenvalue weighted by Crippen LogP contribution is -2.37. The summed E-state index contributed by atoms with van der Waals surface area (Å²) in [7, 11) is 1.65. The lowest BCUT2D eigenvalue weighted by atomic mass is 10.0. The second-order valence-electron chi connectivity index (χ2n) is 17.6. The zero-order valence-electron chi connectivity index (χ0n) is 37.9. The van der Waals surface area contributed by atoms with Gasteiger partial charge in [-0.05, 0) is 25.3 Å². The van der Waals surface area contributed by atoms with Crippen LogP contribution in [0.3, 0.4) is 0 Å². The zero-order valence-corrected chi connectivity index (χ0v) is 38.8. The van der Waals surface area contributed by atoms with Gasteiger partial charge in [0.2, 0.25) is 0 Å². The van der Waals surface area contributed by atoms with Crippen molar-refractivity contribution in [3.8, 4) is 0 Å². The van der Waals surface area contributed by atoms with Gasteiger partial charge in [-0.15, -0.1) is 0 Å². The van der Waals surface area contributed by atoms with Gasteiger partial charge >= 0.3 is 13.8 Å². The van der Waals surface area contributed by atoms with E-state index in [0.29, 0.717) is 17.4 Å². The Hall–Kier alpha value is -0.920. The molecule has 0 aliphatic carbocycles. The SMILES string of the molecule is CCCCCCCCCCCCCCCC/C=C\OC[C@H](COP(=O)(O)OCC[N+](C)(C)C)OC(=O)CCCCCCCCCCCCCCCCCCCC. The summed E-state index contributed by atoms with van der Waals surface area (Å²) in [5.41, 5.74) is 0. The molecule has 334 valence electrons. The van der Waals surface area contributed by atoms with Crippen LogP contribution in [-0.4, -0.2) is 69.0 Å². The van der Waals surface area contributed by atoms with Crippen LogP contribution in [0.15, 0.2) is 12.3 Å². The number of nitrogens with zero attached hydrogens (tertiary/aromatic N) is 1. The molecule has 2 atom stereocenters. The summed E-state index contributed by atoms with van der Waals surface area (Å²) in [6.45, 7) is 4.98. The van der Waals surface area contributed by atoms with Crippen LogP contribution in [0.25, 0.3) is 0 Å². The number of likely N-dealkylation sites (N-methyl/N-ethyl adjacent to an activating group) is 1. The number of rotatable bonds is 45. The molecule has 0 aromatic rings. The maximum Gasteiger partial charge on any atom is 0.472 e. The Morgan fingerprint density at radius 3 is 1.32 bits per heavy atom. The highest BCUT2D eigenvalue weighted by molar-refractivity contribution is 7.47. The van der Waals surface area contributed by atoms with E-state index in [0.717, 1.165) is 32.1 Å². The lowest BCUT2D eigenvalue weighted by Gasteiger charge is -2.24. The van der Waals surface area contributed by atoms with Crippen LogP contribution in [0.2, 0.25) is 0 Å². The minimum absolute atomic E-state index is 0.0545. The number of phosphoric ester groups is 1. The first-order valence-electron chi connectivity index (χ1n) is 24.0. The molecule has 0 heterocycles. The highest BCUT2D eigenvalue weighted by Crippen LogP contribution is 2.43. The molecule has 1 N–H and O–H groups in total. The van der Waals surface area contributed by atoms with Gasteiger partial charge in [0.05, 0.1) is 34.0 Å². The number of esters is 1. The molecule has 8 nitrogen and oxygen atoms in total. The van der Waals surface area contributed by atoms with Gasteiger partial charge < -0.3 is 18.9 Å². The first-order chi connectivity index (χ1) is 27.1. The maximum atomic E-state index is 12.7. The molecule has 0 spiro atoms. The second kappa shape index (κ2) is 40.8. The van der Waals surface area contributed by atoms with Crippen LogP contribution in [0.5, 0.6) is 0 Å². The third-order valence-corrected chi connectivity index (χ3v) is 11.7. The van der Waals surface area contributed by atoms with Crippen molar-refractivity contribution >= 4 is 13.8 Å². The van der Waals surface area contributed by atoms with E-state index in [9.17, 15) is 14.3 Å². The predicted octanol–water partition coefficient (Wildman–Crippen LogP) is 14.6. The second-order valence-corrected chi connectivity index (χ2v) is 19.0. The van der Waals surface area contributed by atoms with Gasteiger partial charge in [0, 0.05) is 6.42 Å². The molecule has 0 rings (SSSR count). The molecular formula is C47H95NO7P+. The van der Waals surface area contributed by atoms with E-state index in [-0.39, 0.29) is 25.8 Å². The molecule has 56 heavy (non-hydrogen) atoms. The Morgan fingerprint density at radius 1 is 0.554 bits per heavy atom. The normalized spacial score (nSPS) is 13.7. The van der Waals surface area contributed by atoms with Gasteiger partial charge in [-0.3, -0.25) is 13.8 Å². The maximum absolute atomic E-state index is 12.7. The molecule has 1 unspecified atom stereocenters. The summed E-state index contributed by atoms with van der Waals surface area (Å²) in [6, 6.07) is 0. The predicted molar refractivity (Wildman–Crippen MR) is 238 cm³/mol. The fraction of sp³-hybridized carbons (Fsp3) is 0.936. The number of carbonyl (C=O) groups excluding carboxylic acids is 1. The van der Waals surface area contributed by atoms with Crippen molar-refractivity contribution < 1.29 is 37.3 Å². The van der Waals surface area contributed by atoms with Crippen LogP contribution in [0.4, 0.5) is 0 Å². The monoisotopic (exact) mass is 817 g/mol. The highest BCUT2D eigenvalue weighted by Gasteiger charge is 2.26. The van der Waals surface area contributed by atoms with Gasteiger partial charge in [-0.1, -0.05) is 206 Å². The van der Waals surface area contributed by atoms with Crippen LogP contribution in [0.1, 0.15) is 232 Å². The van der Waals surface area contributed by atoms with Crippen LogP contribution < -0.4 is 0 Å². The number of unbranched alkanes of at least 4 members (excludes halogenated alkanes) is 31. The Labute approximate surface area is 348 Å². The average molecular weight is 817 g/mol. The van der Waals surface area contributed by atoms with Gasteiger partial charge in [0.1, 0.15) is 19.8 Å². The minimum Gasteiger partial charge on any atom is -0.498 e. The molecule has 0 saturated heterocycles.